The van der Waals surface area contributed by atoms with Crippen molar-refractivity contribution in [2.75, 3.05) is 13.6 Å². The van der Waals surface area contributed by atoms with Gasteiger partial charge in [0.05, 0.1) is 6.54 Å². The molecule has 180 valence electrons. The fourth-order valence-electron chi connectivity index (χ4n) is 3.77. The summed E-state index contributed by atoms with van der Waals surface area (Å²) < 4.78 is 48.6. The van der Waals surface area contributed by atoms with Crippen molar-refractivity contribution in [3.63, 3.8) is 0 Å². The maximum absolute atomic E-state index is 14.5. The zero-order valence-electron chi connectivity index (χ0n) is 19.0. The van der Waals surface area contributed by atoms with Gasteiger partial charge in [-0.3, -0.25) is 9.69 Å². The average Bonchev–Trinajstić information content (AvgIpc) is 3.29. The van der Waals surface area contributed by atoms with Gasteiger partial charge >= 0.3 is 5.97 Å². The van der Waals surface area contributed by atoms with Crippen LogP contribution in [0, 0.1) is 5.82 Å². The van der Waals surface area contributed by atoms with Crippen molar-refractivity contribution < 1.29 is 27.6 Å². The summed E-state index contributed by atoms with van der Waals surface area (Å²) in [6, 6.07) is 17.1. The topological polar surface area (TPSA) is 79.5 Å². The molecule has 6 nitrogen and oxygen atoms in total. The predicted molar refractivity (Wildman–Crippen MR) is 124 cm³/mol. The van der Waals surface area contributed by atoms with E-state index in [1.54, 1.807) is 30.1 Å². The van der Waals surface area contributed by atoms with Crippen molar-refractivity contribution in [3.05, 3.63) is 83.7 Å². The van der Waals surface area contributed by atoms with E-state index < -0.39 is 17.7 Å². The molecule has 0 saturated carbocycles. The van der Waals surface area contributed by atoms with Gasteiger partial charge in [0.1, 0.15) is 5.82 Å². The Morgan fingerprint density at radius 2 is 1.71 bits per heavy atom. The number of hydrogen-bond acceptors (Lipinski definition) is 5. The van der Waals surface area contributed by atoms with E-state index in [9.17, 15) is 18.0 Å². The minimum absolute atomic E-state index is 0.0517. The van der Waals surface area contributed by atoms with Crippen LogP contribution in [0.4, 0.5) is 13.2 Å². The molecule has 4 aromatic rings. The Hall–Kier alpha value is -3.98. The van der Waals surface area contributed by atoms with Crippen LogP contribution in [-0.4, -0.2) is 39.7 Å². The Labute approximate surface area is 199 Å². The molecule has 35 heavy (non-hydrogen) atoms. The summed E-state index contributed by atoms with van der Waals surface area (Å²) >= 11 is 0. The quantitative estimate of drug-likeness (QED) is 0.341. The summed E-state index contributed by atoms with van der Waals surface area (Å²) in [6.07, 6.45) is 0. The minimum Gasteiger partial charge on any atom is -0.480 e. The first kappa shape index (κ1) is 24.2. The number of carbonyl (C=O) groups is 1. The number of benzene rings is 3. The summed E-state index contributed by atoms with van der Waals surface area (Å²) in [4.78, 5) is 16.8. The average molecular weight is 481 g/mol. The SMILES string of the molecule is CN(CC(=O)O)Cc1ccc(-c2noc(-c3ccc(-c4ccccc4F)c(C(C)(F)F)c3)n2)cc1. The number of alkyl halides is 2. The first-order valence-corrected chi connectivity index (χ1v) is 10.7. The van der Waals surface area contributed by atoms with E-state index in [1.165, 1.54) is 36.4 Å². The second-order valence-corrected chi connectivity index (χ2v) is 8.31. The van der Waals surface area contributed by atoms with E-state index in [2.05, 4.69) is 10.1 Å². The highest BCUT2D eigenvalue weighted by atomic mass is 19.3. The third kappa shape index (κ3) is 5.58. The molecular weight excluding hydrogens is 459 g/mol. The smallest absolute Gasteiger partial charge is 0.317 e. The van der Waals surface area contributed by atoms with Crippen LogP contribution in [0.2, 0.25) is 0 Å². The van der Waals surface area contributed by atoms with Crippen LogP contribution in [0.1, 0.15) is 18.1 Å². The molecule has 0 aliphatic rings. The number of carboxylic acids is 1. The first-order chi connectivity index (χ1) is 16.6. The third-order valence-electron chi connectivity index (χ3n) is 5.40. The molecular formula is C26H22F3N3O3. The minimum atomic E-state index is -3.24. The summed E-state index contributed by atoms with van der Waals surface area (Å²) in [5.74, 6) is -4.41. The first-order valence-electron chi connectivity index (χ1n) is 10.7. The van der Waals surface area contributed by atoms with Crippen molar-refractivity contribution in [3.8, 4) is 34.0 Å². The van der Waals surface area contributed by atoms with Gasteiger partial charge < -0.3 is 9.63 Å². The van der Waals surface area contributed by atoms with Crippen molar-refractivity contribution in [2.24, 2.45) is 0 Å². The van der Waals surface area contributed by atoms with Crippen LogP contribution in [0.15, 0.2) is 71.3 Å². The Morgan fingerprint density at radius 1 is 1.03 bits per heavy atom. The van der Waals surface area contributed by atoms with Gasteiger partial charge in [-0.05, 0) is 36.4 Å². The van der Waals surface area contributed by atoms with Crippen molar-refractivity contribution in [1.82, 2.24) is 15.0 Å². The lowest BCUT2D eigenvalue weighted by Gasteiger charge is -2.17. The highest BCUT2D eigenvalue weighted by Crippen LogP contribution is 2.39. The molecule has 0 amide bonds. The number of aliphatic carboxylic acids is 1. The highest BCUT2D eigenvalue weighted by molar-refractivity contribution is 5.73. The molecule has 0 unspecified atom stereocenters. The molecule has 0 saturated heterocycles. The van der Waals surface area contributed by atoms with Gasteiger partial charge in [-0.25, -0.2) is 13.2 Å². The number of halogens is 3. The van der Waals surface area contributed by atoms with E-state index in [4.69, 9.17) is 9.63 Å². The lowest BCUT2D eigenvalue weighted by Crippen LogP contribution is -2.25. The Morgan fingerprint density at radius 3 is 2.37 bits per heavy atom. The van der Waals surface area contributed by atoms with Gasteiger partial charge in [-0.15, -0.1) is 0 Å². The molecule has 0 radical (unpaired) electrons. The largest absolute Gasteiger partial charge is 0.480 e. The number of nitrogens with zero attached hydrogens (tertiary/aromatic N) is 3. The molecule has 1 heterocycles. The highest BCUT2D eigenvalue weighted by Gasteiger charge is 2.30. The van der Waals surface area contributed by atoms with Crippen molar-refractivity contribution in [1.29, 1.82) is 0 Å². The lowest BCUT2D eigenvalue weighted by molar-refractivity contribution is -0.138. The Kier molecular flexibility index (Phi) is 6.70. The van der Waals surface area contributed by atoms with Gasteiger partial charge in [0, 0.05) is 35.7 Å². The normalized spacial score (nSPS) is 11.7. The summed E-state index contributed by atoms with van der Waals surface area (Å²) in [5.41, 5.74) is 1.65. The van der Waals surface area contributed by atoms with Crippen molar-refractivity contribution in [2.45, 2.75) is 19.4 Å². The standard InChI is InChI=1S/C26H22F3N3O3/c1-26(28,29)21-13-18(11-12-19(21)20-5-3-4-6-22(20)27)25-30-24(31-35-25)17-9-7-16(8-10-17)14-32(2)15-23(33)34/h3-13H,14-15H2,1-2H3,(H,33,34). The van der Waals surface area contributed by atoms with Crippen molar-refractivity contribution >= 4 is 5.97 Å². The second-order valence-electron chi connectivity index (χ2n) is 8.31. The maximum Gasteiger partial charge on any atom is 0.317 e. The van der Waals surface area contributed by atoms with Gasteiger partial charge in [0.25, 0.3) is 11.8 Å². The zero-order chi connectivity index (χ0) is 25.2. The number of rotatable bonds is 8. The monoisotopic (exact) mass is 481 g/mol. The van der Waals surface area contributed by atoms with Crippen LogP contribution >= 0.6 is 0 Å². The van der Waals surface area contributed by atoms with Crippen LogP contribution < -0.4 is 0 Å². The van der Waals surface area contributed by atoms with Gasteiger partial charge in [-0.1, -0.05) is 53.7 Å². The van der Waals surface area contributed by atoms with E-state index in [-0.39, 0.29) is 40.5 Å². The Bertz CT molecular complexity index is 1350. The number of aromatic nitrogens is 2. The number of carboxylic acid groups (broad SMARTS) is 1. The number of hydrogen-bond donors (Lipinski definition) is 1. The summed E-state index contributed by atoms with van der Waals surface area (Å²) in [7, 11) is 1.71. The fourth-order valence-corrected chi connectivity index (χ4v) is 3.77. The van der Waals surface area contributed by atoms with Gasteiger partial charge in [-0.2, -0.15) is 4.98 Å². The van der Waals surface area contributed by atoms with Crippen LogP contribution in [-0.2, 0) is 17.3 Å². The summed E-state index contributed by atoms with van der Waals surface area (Å²) in [5, 5.41) is 12.8. The Balaban J connectivity index is 1.61. The molecule has 4 rings (SSSR count). The predicted octanol–water partition coefficient (Wildman–Crippen LogP) is 5.84. The zero-order valence-corrected chi connectivity index (χ0v) is 19.0. The molecule has 0 aliphatic carbocycles. The number of likely N-dealkylation sites (N-methyl/N-ethyl adjacent to an activating group) is 1. The van der Waals surface area contributed by atoms with Gasteiger partial charge in [0.2, 0.25) is 5.82 Å². The van der Waals surface area contributed by atoms with Crippen LogP contribution in [0.25, 0.3) is 34.0 Å². The second kappa shape index (κ2) is 9.71. The van der Waals surface area contributed by atoms with E-state index >= 15 is 0 Å². The van der Waals surface area contributed by atoms with Crippen LogP contribution in [0.3, 0.4) is 0 Å². The molecule has 0 fully saturated rings. The molecule has 1 N–H and O–H groups in total. The molecule has 0 aliphatic heterocycles. The van der Waals surface area contributed by atoms with E-state index in [1.807, 2.05) is 12.1 Å². The molecule has 1 aromatic heterocycles. The maximum atomic E-state index is 14.5. The molecule has 3 aromatic carbocycles. The molecule has 9 heteroatoms. The summed E-state index contributed by atoms with van der Waals surface area (Å²) in [6.45, 7) is 1.13. The van der Waals surface area contributed by atoms with Crippen LogP contribution in [0.5, 0.6) is 0 Å². The fraction of sp³-hybridized carbons (Fsp3) is 0.192. The molecule has 0 bridgehead atoms. The van der Waals surface area contributed by atoms with E-state index in [0.717, 1.165) is 12.5 Å². The van der Waals surface area contributed by atoms with Gasteiger partial charge in [0.15, 0.2) is 0 Å². The molecule has 0 spiro atoms. The molecule has 0 atom stereocenters. The van der Waals surface area contributed by atoms with E-state index in [0.29, 0.717) is 12.1 Å². The third-order valence-corrected chi connectivity index (χ3v) is 5.40. The lowest BCUT2D eigenvalue weighted by atomic mass is 9.94.